The number of nitrogens with zero attached hydrogens (tertiary/aromatic N) is 1. The first kappa shape index (κ1) is 13.9. The highest BCUT2D eigenvalue weighted by Gasteiger charge is 2.28. The lowest BCUT2D eigenvalue weighted by molar-refractivity contribution is -0.122. The summed E-state index contributed by atoms with van der Waals surface area (Å²) in [6.45, 7) is 2.91. The van der Waals surface area contributed by atoms with E-state index in [2.05, 4.69) is 15.6 Å². The van der Waals surface area contributed by atoms with Crippen LogP contribution in [0.2, 0.25) is 0 Å². The molecular weight excluding hydrogens is 239 g/mol. The molecule has 4 N–H and O–H groups in total. The van der Waals surface area contributed by atoms with Gasteiger partial charge in [-0.25, -0.2) is 9.37 Å². The van der Waals surface area contributed by atoms with Gasteiger partial charge in [-0.2, -0.15) is 0 Å². The van der Waals surface area contributed by atoms with E-state index in [-0.39, 0.29) is 11.4 Å². The van der Waals surface area contributed by atoms with Gasteiger partial charge in [0.05, 0.1) is 11.8 Å². The number of primary amides is 1. The van der Waals surface area contributed by atoms with Crippen molar-refractivity contribution >= 4 is 17.6 Å². The van der Waals surface area contributed by atoms with Gasteiger partial charge in [0, 0.05) is 7.05 Å². The van der Waals surface area contributed by atoms with Gasteiger partial charge < -0.3 is 16.4 Å². The van der Waals surface area contributed by atoms with Crippen molar-refractivity contribution in [1.29, 1.82) is 0 Å². The highest BCUT2D eigenvalue weighted by atomic mass is 19.1. The second-order valence-electron chi connectivity index (χ2n) is 4.24. The molecular formula is C11H15FN4O2. The molecule has 7 heteroatoms. The van der Waals surface area contributed by atoms with Crippen LogP contribution in [0.5, 0.6) is 0 Å². The summed E-state index contributed by atoms with van der Waals surface area (Å²) in [4.78, 5) is 26.8. The van der Waals surface area contributed by atoms with Gasteiger partial charge >= 0.3 is 0 Å². The van der Waals surface area contributed by atoms with Crippen molar-refractivity contribution in [1.82, 2.24) is 10.3 Å². The van der Waals surface area contributed by atoms with Gasteiger partial charge in [0.25, 0.3) is 5.91 Å². The third-order valence-corrected chi connectivity index (χ3v) is 2.38. The number of aromatic nitrogens is 1. The zero-order chi connectivity index (χ0) is 13.9. The van der Waals surface area contributed by atoms with Gasteiger partial charge in [0.2, 0.25) is 5.91 Å². The molecule has 98 valence electrons. The summed E-state index contributed by atoms with van der Waals surface area (Å²) in [5.74, 6) is -1.74. The molecule has 0 atom stereocenters. The van der Waals surface area contributed by atoms with E-state index in [1.807, 2.05) is 0 Å². The Morgan fingerprint density at radius 1 is 1.44 bits per heavy atom. The van der Waals surface area contributed by atoms with E-state index < -0.39 is 23.2 Å². The van der Waals surface area contributed by atoms with Crippen molar-refractivity contribution in [2.24, 2.45) is 5.73 Å². The normalized spacial score (nSPS) is 10.9. The zero-order valence-electron chi connectivity index (χ0n) is 10.4. The van der Waals surface area contributed by atoms with Crippen LogP contribution < -0.4 is 16.4 Å². The SMILES string of the molecule is CNc1ncc(F)cc1C(=O)NC(C)(C)C(N)=O. The molecule has 0 unspecified atom stereocenters. The number of nitrogens with two attached hydrogens (primary N) is 1. The lowest BCUT2D eigenvalue weighted by atomic mass is 10.0. The van der Waals surface area contributed by atoms with Crippen LogP contribution in [0.1, 0.15) is 24.2 Å². The van der Waals surface area contributed by atoms with Gasteiger partial charge in [-0.15, -0.1) is 0 Å². The fourth-order valence-electron chi connectivity index (χ4n) is 1.22. The van der Waals surface area contributed by atoms with Crippen LogP contribution in [0.4, 0.5) is 10.2 Å². The van der Waals surface area contributed by atoms with E-state index in [9.17, 15) is 14.0 Å². The minimum absolute atomic E-state index is 0.00632. The highest BCUT2D eigenvalue weighted by molar-refractivity contribution is 6.01. The summed E-state index contributed by atoms with van der Waals surface area (Å²) in [5, 5.41) is 5.08. The average molecular weight is 254 g/mol. The molecule has 1 aromatic rings. The molecule has 18 heavy (non-hydrogen) atoms. The molecule has 6 nitrogen and oxygen atoms in total. The second-order valence-corrected chi connectivity index (χ2v) is 4.24. The van der Waals surface area contributed by atoms with E-state index in [1.165, 1.54) is 13.8 Å². The molecule has 0 aromatic carbocycles. The smallest absolute Gasteiger partial charge is 0.255 e. The van der Waals surface area contributed by atoms with Gasteiger partial charge in [-0.05, 0) is 19.9 Å². The number of carbonyl (C=O) groups excluding carboxylic acids is 2. The van der Waals surface area contributed by atoms with Crippen LogP contribution >= 0.6 is 0 Å². The number of rotatable bonds is 4. The van der Waals surface area contributed by atoms with Gasteiger partial charge in [0.15, 0.2) is 0 Å². The third-order valence-electron chi connectivity index (χ3n) is 2.38. The number of nitrogens with one attached hydrogen (secondary N) is 2. The Kier molecular flexibility index (Phi) is 3.85. The fraction of sp³-hybridized carbons (Fsp3) is 0.364. The Morgan fingerprint density at radius 3 is 2.56 bits per heavy atom. The van der Waals surface area contributed by atoms with Crippen LogP contribution in [0.25, 0.3) is 0 Å². The minimum Gasteiger partial charge on any atom is -0.372 e. The highest BCUT2D eigenvalue weighted by Crippen LogP contribution is 2.14. The molecule has 0 saturated carbocycles. The number of hydrogen-bond donors (Lipinski definition) is 3. The van der Waals surface area contributed by atoms with E-state index in [0.717, 1.165) is 12.3 Å². The standard InChI is InChI=1S/C11H15FN4O2/c1-11(2,10(13)18)16-9(17)7-4-6(12)5-15-8(7)14-3/h4-5H,1-3H3,(H2,13,18)(H,14,15)(H,16,17). The summed E-state index contributed by atoms with van der Waals surface area (Å²) < 4.78 is 13.1. The number of carbonyl (C=O) groups is 2. The number of amides is 2. The van der Waals surface area contributed by atoms with Crippen LogP contribution in [-0.4, -0.2) is 29.4 Å². The van der Waals surface area contributed by atoms with Crippen molar-refractivity contribution in [2.45, 2.75) is 19.4 Å². The maximum Gasteiger partial charge on any atom is 0.255 e. The number of hydrogen-bond acceptors (Lipinski definition) is 4. The van der Waals surface area contributed by atoms with Crippen LogP contribution in [0.3, 0.4) is 0 Å². The maximum absolute atomic E-state index is 13.1. The molecule has 0 radical (unpaired) electrons. The Balaban J connectivity index is 3.04. The number of pyridine rings is 1. The molecule has 0 aliphatic carbocycles. The first-order valence-electron chi connectivity index (χ1n) is 5.23. The van der Waals surface area contributed by atoms with Crippen molar-refractivity contribution in [2.75, 3.05) is 12.4 Å². The van der Waals surface area contributed by atoms with Gasteiger partial charge in [-0.1, -0.05) is 0 Å². The van der Waals surface area contributed by atoms with Gasteiger partial charge in [0.1, 0.15) is 17.2 Å². The molecule has 0 fully saturated rings. The van der Waals surface area contributed by atoms with Crippen LogP contribution in [-0.2, 0) is 4.79 Å². The molecule has 0 aliphatic rings. The van der Waals surface area contributed by atoms with E-state index in [4.69, 9.17) is 5.73 Å². The molecule has 2 amide bonds. The second kappa shape index (κ2) is 4.99. The van der Waals surface area contributed by atoms with Crippen molar-refractivity contribution in [3.8, 4) is 0 Å². The van der Waals surface area contributed by atoms with E-state index in [0.29, 0.717) is 0 Å². The zero-order valence-corrected chi connectivity index (χ0v) is 10.4. The summed E-state index contributed by atoms with van der Waals surface area (Å²) >= 11 is 0. The van der Waals surface area contributed by atoms with E-state index >= 15 is 0 Å². The molecule has 1 aromatic heterocycles. The molecule has 0 bridgehead atoms. The van der Waals surface area contributed by atoms with Crippen LogP contribution in [0.15, 0.2) is 12.3 Å². The predicted molar refractivity (Wildman–Crippen MR) is 64.5 cm³/mol. The Morgan fingerprint density at radius 2 is 2.06 bits per heavy atom. The summed E-state index contributed by atoms with van der Waals surface area (Å²) in [6, 6.07) is 1.03. The largest absolute Gasteiger partial charge is 0.372 e. The number of halogens is 1. The molecule has 0 saturated heterocycles. The van der Waals surface area contributed by atoms with Crippen molar-refractivity contribution < 1.29 is 14.0 Å². The lowest BCUT2D eigenvalue weighted by Gasteiger charge is -2.22. The van der Waals surface area contributed by atoms with Crippen LogP contribution in [0, 0.1) is 5.82 Å². The predicted octanol–water partition coefficient (Wildman–Crippen LogP) is 0.256. The molecule has 1 heterocycles. The first-order valence-corrected chi connectivity index (χ1v) is 5.23. The number of anilines is 1. The van der Waals surface area contributed by atoms with Crippen molar-refractivity contribution in [3.63, 3.8) is 0 Å². The summed E-state index contributed by atoms with van der Waals surface area (Å²) in [6.07, 6.45) is 0.988. The maximum atomic E-state index is 13.1. The third kappa shape index (κ3) is 2.93. The molecule has 0 spiro atoms. The first-order chi connectivity index (χ1) is 8.27. The topological polar surface area (TPSA) is 97.1 Å². The minimum atomic E-state index is -1.23. The summed E-state index contributed by atoms with van der Waals surface area (Å²) in [5.41, 5.74) is 3.92. The van der Waals surface area contributed by atoms with Crippen molar-refractivity contribution in [3.05, 3.63) is 23.6 Å². The summed E-state index contributed by atoms with van der Waals surface area (Å²) in [7, 11) is 1.55. The lowest BCUT2D eigenvalue weighted by Crippen LogP contribution is -2.53. The Hall–Kier alpha value is -2.18. The fourth-order valence-corrected chi connectivity index (χ4v) is 1.22. The van der Waals surface area contributed by atoms with Gasteiger partial charge in [-0.3, -0.25) is 9.59 Å². The monoisotopic (exact) mass is 254 g/mol. The Labute approximate surface area is 104 Å². The van der Waals surface area contributed by atoms with E-state index in [1.54, 1.807) is 7.05 Å². The quantitative estimate of drug-likeness (QED) is 0.717. The average Bonchev–Trinajstić information content (AvgIpc) is 2.28. The Bertz CT molecular complexity index is 488. The molecule has 1 rings (SSSR count). The molecule has 0 aliphatic heterocycles.